The topological polar surface area (TPSA) is 50.4 Å². The van der Waals surface area contributed by atoms with Gasteiger partial charge in [-0.15, -0.1) is 0 Å². The Hall–Kier alpha value is -1.07. The van der Waals surface area contributed by atoms with E-state index in [0.29, 0.717) is 13.1 Å². The fourth-order valence-electron chi connectivity index (χ4n) is 2.23. The number of carbonyl (C=O) groups excluding carboxylic acids is 1. The number of carbonyl (C=O) groups is 1. The number of likely N-dealkylation sites (N-methyl/N-ethyl adjacent to an activating group) is 1. The first-order valence-corrected chi connectivity index (χ1v) is 7.42. The number of fused-ring (bicyclic) bond motifs is 1. The molecule has 1 amide bonds. The van der Waals surface area contributed by atoms with Crippen LogP contribution in [0, 0.1) is 0 Å². The molecule has 2 rings (SSSR count). The summed E-state index contributed by atoms with van der Waals surface area (Å²) in [7, 11) is 0. The lowest BCUT2D eigenvalue weighted by Gasteiger charge is -2.18. The molecule has 1 aliphatic heterocycles. The molecular weight excluding hydrogens is 308 g/mol. The summed E-state index contributed by atoms with van der Waals surface area (Å²) in [4.78, 5) is 11.5. The molecule has 1 unspecified atom stereocenters. The summed E-state index contributed by atoms with van der Waals surface area (Å²) < 4.78 is 6.75. The van der Waals surface area contributed by atoms with Gasteiger partial charge in [-0.2, -0.15) is 0 Å². The Morgan fingerprint density at radius 1 is 1.53 bits per heavy atom. The fourth-order valence-corrected chi connectivity index (χ4v) is 2.57. The van der Waals surface area contributed by atoms with Crippen LogP contribution in [0.2, 0.25) is 0 Å². The molecule has 0 aliphatic carbocycles. The lowest BCUT2D eigenvalue weighted by Crippen LogP contribution is -2.35. The number of hydrogen-bond donors (Lipinski definition) is 2. The minimum atomic E-state index is 0.0336. The Balaban J connectivity index is 2.07. The van der Waals surface area contributed by atoms with Crippen LogP contribution in [-0.2, 0) is 4.79 Å². The van der Waals surface area contributed by atoms with Gasteiger partial charge in [-0.1, -0.05) is 22.0 Å². The molecule has 1 aliphatic rings. The molecule has 5 heteroatoms. The third-order valence-corrected chi connectivity index (χ3v) is 3.62. The molecule has 0 aromatic heterocycles. The second-order valence-corrected chi connectivity index (χ2v) is 5.48. The zero-order chi connectivity index (χ0) is 13.7. The molecule has 0 spiro atoms. The zero-order valence-electron chi connectivity index (χ0n) is 11.0. The third-order valence-electron chi connectivity index (χ3n) is 3.13. The molecule has 104 valence electrons. The standard InChI is InChI=1S/C14H19BrN2O2/c1-2-16-14(18)9-17-12-4-3-7-19-13-8-10(15)5-6-11(12)13/h5-6,8,12,17H,2-4,7,9H2,1H3,(H,16,18). The van der Waals surface area contributed by atoms with Gasteiger partial charge in [0.1, 0.15) is 5.75 Å². The van der Waals surface area contributed by atoms with Gasteiger partial charge in [0, 0.05) is 22.6 Å². The molecule has 2 N–H and O–H groups in total. The molecule has 0 saturated heterocycles. The van der Waals surface area contributed by atoms with Gasteiger partial charge in [-0.05, 0) is 31.9 Å². The van der Waals surface area contributed by atoms with Gasteiger partial charge in [0.25, 0.3) is 0 Å². The van der Waals surface area contributed by atoms with E-state index in [1.807, 2.05) is 19.1 Å². The molecule has 1 atom stereocenters. The van der Waals surface area contributed by atoms with Gasteiger partial charge < -0.3 is 15.4 Å². The van der Waals surface area contributed by atoms with Crippen molar-refractivity contribution < 1.29 is 9.53 Å². The van der Waals surface area contributed by atoms with Crippen LogP contribution < -0.4 is 15.4 Å². The van der Waals surface area contributed by atoms with Crippen molar-refractivity contribution in [3.63, 3.8) is 0 Å². The Morgan fingerprint density at radius 2 is 2.37 bits per heavy atom. The van der Waals surface area contributed by atoms with Crippen molar-refractivity contribution >= 4 is 21.8 Å². The van der Waals surface area contributed by atoms with E-state index in [-0.39, 0.29) is 11.9 Å². The number of ether oxygens (including phenoxy) is 1. The largest absolute Gasteiger partial charge is 0.493 e. The van der Waals surface area contributed by atoms with Crippen LogP contribution in [0.1, 0.15) is 31.4 Å². The lowest BCUT2D eigenvalue weighted by atomic mass is 10.0. The normalized spacial score (nSPS) is 18.1. The van der Waals surface area contributed by atoms with Crippen molar-refractivity contribution in [2.24, 2.45) is 0 Å². The number of halogens is 1. The van der Waals surface area contributed by atoms with Crippen molar-refractivity contribution in [2.45, 2.75) is 25.8 Å². The maximum atomic E-state index is 11.5. The Bertz CT molecular complexity index is 451. The van der Waals surface area contributed by atoms with E-state index in [9.17, 15) is 4.79 Å². The first-order chi connectivity index (χ1) is 9.20. The van der Waals surface area contributed by atoms with E-state index in [0.717, 1.165) is 35.2 Å². The summed E-state index contributed by atoms with van der Waals surface area (Å²) in [6.07, 6.45) is 1.97. The molecule has 0 radical (unpaired) electrons. The second-order valence-electron chi connectivity index (χ2n) is 4.56. The first kappa shape index (κ1) is 14.3. The number of amides is 1. The summed E-state index contributed by atoms with van der Waals surface area (Å²) >= 11 is 3.45. The maximum Gasteiger partial charge on any atom is 0.233 e. The van der Waals surface area contributed by atoms with Gasteiger partial charge in [-0.25, -0.2) is 0 Å². The average molecular weight is 327 g/mol. The van der Waals surface area contributed by atoms with Gasteiger partial charge in [-0.3, -0.25) is 4.79 Å². The fraction of sp³-hybridized carbons (Fsp3) is 0.500. The van der Waals surface area contributed by atoms with Gasteiger partial charge >= 0.3 is 0 Å². The molecule has 1 aromatic rings. The van der Waals surface area contributed by atoms with Gasteiger partial charge in [0.05, 0.1) is 13.2 Å². The van der Waals surface area contributed by atoms with Crippen LogP contribution in [0.5, 0.6) is 5.75 Å². The number of benzene rings is 1. The minimum absolute atomic E-state index is 0.0336. The Labute approximate surface area is 122 Å². The highest BCUT2D eigenvalue weighted by molar-refractivity contribution is 9.10. The second kappa shape index (κ2) is 6.91. The highest BCUT2D eigenvalue weighted by Crippen LogP contribution is 2.33. The summed E-state index contributed by atoms with van der Waals surface area (Å²) in [5.41, 5.74) is 1.13. The molecule has 4 nitrogen and oxygen atoms in total. The van der Waals surface area contributed by atoms with Crippen LogP contribution in [0.3, 0.4) is 0 Å². The summed E-state index contributed by atoms with van der Waals surface area (Å²) in [5.74, 6) is 0.937. The zero-order valence-corrected chi connectivity index (χ0v) is 12.6. The van der Waals surface area contributed by atoms with Crippen molar-refractivity contribution in [3.8, 4) is 5.75 Å². The van der Waals surface area contributed by atoms with Crippen molar-refractivity contribution in [2.75, 3.05) is 19.7 Å². The van der Waals surface area contributed by atoms with E-state index in [1.165, 1.54) is 0 Å². The van der Waals surface area contributed by atoms with Crippen LogP contribution in [0.4, 0.5) is 0 Å². The van der Waals surface area contributed by atoms with E-state index in [4.69, 9.17) is 4.74 Å². The number of hydrogen-bond acceptors (Lipinski definition) is 3. The van der Waals surface area contributed by atoms with Crippen LogP contribution >= 0.6 is 15.9 Å². The number of nitrogens with one attached hydrogen (secondary N) is 2. The Morgan fingerprint density at radius 3 is 3.16 bits per heavy atom. The van der Waals surface area contributed by atoms with Crippen LogP contribution in [-0.4, -0.2) is 25.6 Å². The molecule has 0 saturated carbocycles. The molecule has 1 heterocycles. The molecular formula is C14H19BrN2O2. The van der Waals surface area contributed by atoms with Crippen molar-refractivity contribution in [3.05, 3.63) is 28.2 Å². The van der Waals surface area contributed by atoms with E-state index >= 15 is 0 Å². The molecule has 1 aromatic carbocycles. The summed E-state index contributed by atoms with van der Waals surface area (Å²) in [6, 6.07) is 6.23. The van der Waals surface area contributed by atoms with E-state index in [2.05, 4.69) is 32.6 Å². The quantitative estimate of drug-likeness (QED) is 0.893. The smallest absolute Gasteiger partial charge is 0.233 e. The van der Waals surface area contributed by atoms with Crippen molar-refractivity contribution in [1.82, 2.24) is 10.6 Å². The predicted octanol–water partition coefficient (Wildman–Crippen LogP) is 2.39. The maximum absolute atomic E-state index is 11.5. The molecule has 19 heavy (non-hydrogen) atoms. The predicted molar refractivity (Wildman–Crippen MR) is 78.3 cm³/mol. The Kier molecular flexibility index (Phi) is 5.22. The van der Waals surface area contributed by atoms with Gasteiger partial charge in [0.2, 0.25) is 5.91 Å². The summed E-state index contributed by atoms with van der Waals surface area (Å²) in [5, 5.41) is 6.11. The monoisotopic (exact) mass is 326 g/mol. The summed E-state index contributed by atoms with van der Waals surface area (Å²) in [6.45, 7) is 3.65. The third kappa shape index (κ3) is 3.94. The molecule has 0 fully saturated rings. The highest BCUT2D eigenvalue weighted by Gasteiger charge is 2.20. The average Bonchev–Trinajstić information content (AvgIpc) is 2.58. The van der Waals surface area contributed by atoms with Crippen LogP contribution in [0.25, 0.3) is 0 Å². The van der Waals surface area contributed by atoms with Crippen molar-refractivity contribution in [1.29, 1.82) is 0 Å². The number of rotatable bonds is 4. The SMILES string of the molecule is CCNC(=O)CNC1CCCOc2cc(Br)ccc21. The van der Waals surface area contributed by atoms with E-state index in [1.54, 1.807) is 0 Å². The minimum Gasteiger partial charge on any atom is -0.493 e. The van der Waals surface area contributed by atoms with Gasteiger partial charge in [0.15, 0.2) is 0 Å². The molecule has 0 bridgehead atoms. The highest BCUT2D eigenvalue weighted by atomic mass is 79.9. The first-order valence-electron chi connectivity index (χ1n) is 6.63. The van der Waals surface area contributed by atoms with E-state index < -0.39 is 0 Å². The van der Waals surface area contributed by atoms with Crippen LogP contribution in [0.15, 0.2) is 22.7 Å². The lowest BCUT2D eigenvalue weighted by molar-refractivity contribution is -0.120.